The average molecular weight is 480 g/mol. The maximum Gasteiger partial charge on any atom is 0.226 e. The minimum absolute atomic E-state index is 0.173. The van der Waals surface area contributed by atoms with Crippen molar-refractivity contribution in [1.82, 2.24) is 4.90 Å². The Morgan fingerprint density at radius 1 is 1.03 bits per heavy atom. The zero-order valence-electron chi connectivity index (χ0n) is 21.9. The molecule has 4 nitrogen and oxygen atoms in total. The maximum absolute atomic E-state index is 13.9. The summed E-state index contributed by atoms with van der Waals surface area (Å²) in [5.74, 6) is 4.37. The second-order valence-electron chi connectivity index (χ2n) is 13.0. The number of hydrogen-bond acceptors (Lipinski definition) is 3. The van der Waals surface area contributed by atoms with Gasteiger partial charge >= 0.3 is 0 Å². The highest BCUT2D eigenvalue weighted by molar-refractivity contribution is 5.80. The number of nitrogens with zero attached hydrogens (tertiary/aromatic N) is 1. The van der Waals surface area contributed by atoms with E-state index in [9.17, 15) is 9.90 Å². The van der Waals surface area contributed by atoms with Crippen molar-refractivity contribution < 1.29 is 14.6 Å². The van der Waals surface area contributed by atoms with Crippen molar-refractivity contribution in [3.05, 3.63) is 35.4 Å². The van der Waals surface area contributed by atoms with Crippen LogP contribution in [0.5, 0.6) is 0 Å². The summed E-state index contributed by atoms with van der Waals surface area (Å²) in [6.45, 7) is 7.37. The van der Waals surface area contributed by atoms with Gasteiger partial charge in [-0.2, -0.15) is 0 Å². The number of hydrogen-bond donors (Lipinski definition) is 1. The van der Waals surface area contributed by atoms with Crippen LogP contribution in [0.25, 0.3) is 0 Å². The monoisotopic (exact) mass is 479 g/mol. The summed E-state index contributed by atoms with van der Waals surface area (Å²) in [6.07, 6.45) is 11.4. The van der Waals surface area contributed by atoms with E-state index in [1.54, 1.807) is 0 Å². The molecule has 0 spiro atoms. The first-order chi connectivity index (χ1) is 16.9. The van der Waals surface area contributed by atoms with Gasteiger partial charge in [-0.1, -0.05) is 31.2 Å². The van der Waals surface area contributed by atoms with Gasteiger partial charge in [0.15, 0.2) is 0 Å². The van der Waals surface area contributed by atoms with E-state index >= 15 is 0 Å². The molecule has 4 aliphatic carbocycles. The third-order valence-electron chi connectivity index (χ3n) is 11.4. The summed E-state index contributed by atoms with van der Waals surface area (Å²) >= 11 is 0. The number of benzene rings is 1. The molecular weight excluding hydrogens is 434 g/mol. The van der Waals surface area contributed by atoms with E-state index in [0.717, 1.165) is 62.9 Å². The molecule has 1 amide bonds. The van der Waals surface area contributed by atoms with Crippen LogP contribution in [0.15, 0.2) is 24.3 Å². The number of carbonyl (C=O) groups is 1. The summed E-state index contributed by atoms with van der Waals surface area (Å²) in [7, 11) is 0. The highest BCUT2D eigenvalue weighted by atomic mass is 16.5. The van der Waals surface area contributed by atoms with E-state index in [1.807, 2.05) is 6.92 Å². The van der Waals surface area contributed by atoms with E-state index < -0.39 is 5.60 Å². The predicted octanol–water partition coefficient (Wildman–Crippen LogP) is 5.61. The molecular formula is C31H45NO3. The zero-order valence-corrected chi connectivity index (χ0v) is 21.9. The van der Waals surface area contributed by atoms with Gasteiger partial charge in [0.25, 0.3) is 0 Å². The van der Waals surface area contributed by atoms with Crippen LogP contribution >= 0.6 is 0 Å². The van der Waals surface area contributed by atoms with Crippen molar-refractivity contribution in [3.8, 4) is 0 Å². The quantitative estimate of drug-likeness (QED) is 0.611. The van der Waals surface area contributed by atoms with Gasteiger partial charge in [-0.05, 0) is 117 Å². The lowest BCUT2D eigenvalue weighted by Crippen LogP contribution is -2.53. The average Bonchev–Trinajstić information content (AvgIpc) is 3.23. The van der Waals surface area contributed by atoms with Crippen molar-refractivity contribution in [3.63, 3.8) is 0 Å². The Hall–Kier alpha value is -1.39. The molecule has 8 atom stereocenters. The van der Waals surface area contributed by atoms with Crippen LogP contribution in [0.3, 0.4) is 0 Å². The lowest BCUT2D eigenvalue weighted by Gasteiger charge is -2.57. The maximum atomic E-state index is 13.9. The number of aliphatic hydroxyl groups is 1. The molecule has 0 radical (unpaired) electrons. The molecule has 35 heavy (non-hydrogen) atoms. The van der Waals surface area contributed by atoms with Crippen LogP contribution in [-0.4, -0.2) is 41.3 Å². The molecule has 4 heteroatoms. The second kappa shape index (κ2) is 9.17. The van der Waals surface area contributed by atoms with Gasteiger partial charge in [-0.15, -0.1) is 0 Å². The topological polar surface area (TPSA) is 49.8 Å². The molecule has 0 bridgehead atoms. The highest BCUT2D eigenvalue weighted by Crippen LogP contribution is 2.64. The van der Waals surface area contributed by atoms with Crippen LogP contribution in [0.1, 0.15) is 82.8 Å². The van der Waals surface area contributed by atoms with Crippen LogP contribution in [-0.2, 0) is 22.5 Å². The van der Waals surface area contributed by atoms with E-state index in [1.165, 1.54) is 43.2 Å². The molecule has 1 aromatic rings. The molecule has 4 fully saturated rings. The molecule has 0 unspecified atom stereocenters. The van der Waals surface area contributed by atoms with Gasteiger partial charge < -0.3 is 14.7 Å². The first kappa shape index (κ1) is 24.0. The number of fused-ring (bicyclic) bond motifs is 6. The minimum atomic E-state index is -0.606. The fourth-order valence-electron chi connectivity index (χ4n) is 9.70. The molecule has 1 aliphatic heterocycles. The van der Waals surface area contributed by atoms with Gasteiger partial charge in [0.2, 0.25) is 5.91 Å². The van der Waals surface area contributed by atoms with Gasteiger partial charge in [-0.25, -0.2) is 0 Å². The third-order valence-corrected chi connectivity index (χ3v) is 11.4. The van der Waals surface area contributed by atoms with E-state index in [-0.39, 0.29) is 11.3 Å². The number of amides is 1. The standard InChI is InChI=1S/C31H45NO3/c1-3-35-20-31(34)16-13-24-22(18-31)8-9-26-25(24)12-15-30(2)27(26)10-11-28(30)29(33)32-17-14-21-6-4-5-7-23(21)19-32/h4-7,22,24-28,34H,3,8-20H2,1-2H3/t22-,24+,25-,26-,27+,28-,30+,31-/m1/s1. The third kappa shape index (κ3) is 4.07. The molecule has 1 N–H and O–H groups in total. The van der Waals surface area contributed by atoms with Gasteiger partial charge in [0.05, 0.1) is 12.2 Å². The number of rotatable bonds is 4. The molecule has 6 rings (SSSR count). The summed E-state index contributed by atoms with van der Waals surface area (Å²) in [6, 6.07) is 8.67. The Bertz CT molecular complexity index is 947. The second-order valence-corrected chi connectivity index (χ2v) is 13.0. The molecule has 0 saturated heterocycles. The SMILES string of the molecule is CCOC[C@@]1(O)CC[C@H]2[C@H](CC[C@@H]3[C@@H]2CC[C@]2(C)[C@@H](C(=O)N4CCc5ccccc5C4)CC[C@@H]32)C1. The normalized spacial score (nSPS) is 42.5. The van der Waals surface area contributed by atoms with Crippen LogP contribution in [0.4, 0.5) is 0 Å². The van der Waals surface area contributed by atoms with Crippen molar-refractivity contribution in [2.45, 2.75) is 90.2 Å². The Balaban J connectivity index is 1.14. The Kier molecular flexibility index (Phi) is 6.28. The van der Waals surface area contributed by atoms with E-state index in [0.29, 0.717) is 31.0 Å². The van der Waals surface area contributed by atoms with Crippen molar-refractivity contribution in [1.29, 1.82) is 0 Å². The number of carbonyl (C=O) groups excluding carboxylic acids is 1. The Morgan fingerprint density at radius 2 is 1.83 bits per heavy atom. The molecule has 4 saturated carbocycles. The fourth-order valence-corrected chi connectivity index (χ4v) is 9.70. The van der Waals surface area contributed by atoms with Gasteiger partial charge in [0.1, 0.15) is 0 Å². The van der Waals surface area contributed by atoms with E-state index in [4.69, 9.17) is 4.74 Å². The lowest BCUT2D eigenvalue weighted by molar-refractivity contribution is -0.147. The molecule has 1 aromatic carbocycles. The van der Waals surface area contributed by atoms with E-state index in [2.05, 4.69) is 36.1 Å². The smallest absolute Gasteiger partial charge is 0.226 e. The summed E-state index contributed by atoms with van der Waals surface area (Å²) in [4.78, 5) is 16.1. The first-order valence-electron chi connectivity index (χ1n) is 14.6. The van der Waals surface area contributed by atoms with Gasteiger partial charge in [-0.3, -0.25) is 4.79 Å². The van der Waals surface area contributed by atoms with Gasteiger partial charge in [0, 0.05) is 25.6 Å². The summed E-state index contributed by atoms with van der Waals surface area (Å²) in [5, 5.41) is 11.1. The molecule has 192 valence electrons. The molecule has 5 aliphatic rings. The fraction of sp³-hybridized carbons (Fsp3) is 0.774. The Morgan fingerprint density at radius 3 is 2.66 bits per heavy atom. The van der Waals surface area contributed by atoms with Crippen molar-refractivity contribution >= 4 is 5.91 Å². The van der Waals surface area contributed by atoms with Crippen LogP contribution in [0, 0.1) is 40.9 Å². The van der Waals surface area contributed by atoms with Crippen molar-refractivity contribution in [2.24, 2.45) is 40.9 Å². The van der Waals surface area contributed by atoms with Crippen LogP contribution < -0.4 is 0 Å². The highest BCUT2D eigenvalue weighted by Gasteiger charge is 2.59. The summed E-state index contributed by atoms with van der Waals surface area (Å²) < 4.78 is 5.65. The first-order valence-corrected chi connectivity index (χ1v) is 14.6. The number of ether oxygens (including phenoxy) is 1. The van der Waals surface area contributed by atoms with Crippen molar-refractivity contribution in [2.75, 3.05) is 19.8 Å². The molecule has 1 heterocycles. The van der Waals surface area contributed by atoms with Crippen LogP contribution in [0.2, 0.25) is 0 Å². The summed E-state index contributed by atoms with van der Waals surface area (Å²) in [5.41, 5.74) is 2.33. The lowest BCUT2D eigenvalue weighted by atomic mass is 9.49. The molecule has 0 aromatic heterocycles. The Labute approximate surface area is 211 Å². The largest absolute Gasteiger partial charge is 0.387 e. The predicted molar refractivity (Wildman–Crippen MR) is 138 cm³/mol. The zero-order chi connectivity index (χ0) is 24.2. The minimum Gasteiger partial charge on any atom is -0.387 e.